The highest BCUT2D eigenvalue weighted by atomic mass is 16.5. The monoisotopic (exact) mass is 244 g/mol. The van der Waals surface area contributed by atoms with Crippen molar-refractivity contribution in [2.45, 2.75) is 58.8 Å². The number of ether oxygens (including phenoxy) is 2. The molecule has 0 amide bonds. The van der Waals surface area contributed by atoms with Crippen LogP contribution in [-0.2, 0) is 19.1 Å². The molecule has 100 valence electrons. The summed E-state index contributed by atoms with van der Waals surface area (Å²) in [6, 6.07) is 0. The van der Waals surface area contributed by atoms with Gasteiger partial charge in [-0.2, -0.15) is 0 Å². The van der Waals surface area contributed by atoms with E-state index in [1.807, 2.05) is 0 Å². The van der Waals surface area contributed by atoms with Crippen LogP contribution in [0.25, 0.3) is 0 Å². The average molecular weight is 244 g/mol. The molecule has 0 rings (SSSR count). The van der Waals surface area contributed by atoms with Crippen molar-refractivity contribution in [1.82, 2.24) is 0 Å². The van der Waals surface area contributed by atoms with Crippen molar-refractivity contribution < 1.29 is 19.1 Å². The maximum atomic E-state index is 11.2. The molecule has 0 aromatic rings. The highest BCUT2D eigenvalue weighted by Gasteiger charge is 2.07. The molecule has 4 nitrogen and oxygen atoms in total. The van der Waals surface area contributed by atoms with E-state index in [2.05, 4.69) is 6.92 Å². The Morgan fingerprint density at radius 3 is 2.00 bits per heavy atom. The van der Waals surface area contributed by atoms with Gasteiger partial charge in [0.1, 0.15) is 0 Å². The maximum absolute atomic E-state index is 11.2. The van der Waals surface area contributed by atoms with E-state index >= 15 is 0 Å². The molecule has 0 radical (unpaired) electrons. The van der Waals surface area contributed by atoms with Crippen LogP contribution in [0.2, 0.25) is 0 Å². The van der Waals surface area contributed by atoms with Crippen molar-refractivity contribution in [1.29, 1.82) is 0 Å². The third-order valence-electron chi connectivity index (χ3n) is 2.35. The predicted molar refractivity (Wildman–Crippen MR) is 65.6 cm³/mol. The molecule has 0 saturated heterocycles. The predicted octanol–water partition coefficient (Wildman–Crippen LogP) is 2.84. The van der Waals surface area contributed by atoms with Gasteiger partial charge in [-0.05, 0) is 13.3 Å². The van der Waals surface area contributed by atoms with E-state index in [4.69, 9.17) is 9.47 Å². The molecule has 4 heteroatoms. The SMILES string of the molecule is CCCCCCCOC(=O)CCC(=O)OCC. The number of rotatable bonds is 10. The molecule has 0 heterocycles. The summed E-state index contributed by atoms with van der Waals surface area (Å²) in [7, 11) is 0. The second kappa shape index (κ2) is 11.4. The minimum atomic E-state index is -0.340. The number of unbranched alkanes of at least 4 members (excludes halogenated alkanes) is 4. The van der Waals surface area contributed by atoms with Gasteiger partial charge in [0.15, 0.2) is 0 Å². The van der Waals surface area contributed by atoms with Crippen molar-refractivity contribution in [3.63, 3.8) is 0 Å². The van der Waals surface area contributed by atoms with E-state index in [-0.39, 0.29) is 24.8 Å². The summed E-state index contributed by atoms with van der Waals surface area (Å²) in [5.74, 6) is -0.652. The molecule has 0 unspecified atom stereocenters. The first-order valence-electron chi connectivity index (χ1n) is 6.52. The lowest BCUT2D eigenvalue weighted by atomic mass is 10.2. The van der Waals surface area contributed by atoms with E-state index in [0.29, 0.717) is 13.2 Å². The molecule has 0 aliphatic heterocycles. The fraction of sp³-hybridized carbons (Fsp3) is 0.846. The van der Waals surface area contributed by atoms with Gasteiger partial charge in [0.2, 0.25) is 0 Å². The molecule has 0 N–H and O–H groups in total. The topological polar surface area (TPSA) is 52.6 Å². The largest absolute Gasteiger partial charge is 0.466 e. The van der Waals surface area contributed by atoms with E-state index < -0.39 is 0 Å². The Bertz CT molecular complexity index is 213. The highest BCUT2D eigenvalue weighted by Crippen LogP contribution is 2.03. The minimum absolute atomic E-state index is 0.114. The molecule has 0 fully saturated rings. The molecule has 0 aromatic heterocycles. The van der Waals surface area contributed by atoms with Crippen LogP contribution in [0.15, 0.2) is 0 Å². The molecule has 0 saturated carbocycles. The lowest BCUT2D eigenvalue weighted by Gasteiger charge is -2.04. The Labute approximate surface area is 104 Å². The Morgan fingerprint density at radius 1 is 0.824 bits per heavy atom. The van der Waals surface area contributed by atoms with Crippen LogP contribution in [0, 0.1) is 0 Å². The van der Waals surface area contributed by atoms with Crippen LogP contribution < -0.4 is 0 Å². The average Bonchev–Trinajstić information content (AvgIpc) is 2.31. The van der Waals surface area contributed by atoms with Gasteiger partial charge in [0.05, 0.1) is 26.1 Å². The second-order valence-corrected chi connectivity index (χ2v) is 3.94. The van der Waals surface area contributed by atoms with Gasteiger partial charge < -0.3 is 9.47 Å². The van der Waals surface area contributed by atoms with Gasteiger partial charge >= 0.3 is 11.9 Å². The number of carbonyl (C=O) groups is 2. The highest BCUT2D eigenvalue weighted by molar-refractivity contribution is 5.77. The zero-order valence-corrected chi connectivity index (χ0v) is 11.0. The van der Waals surface area contributed by atoms with E-state index in [1.54, 1.807) is 6.92 Å². The summed E-state index contributed by atoms with van der Waals surface area (Å²) in [5.41, 5.74) is 0. The van der Waals surface area contributed by atoms with Gasteiger partial charge in [0, 0.05) is 0 Å². The molecule has 0 aromatic carbocycles. The molecule has 0 aliphatic carbocycles. The molecule has 0 spiro atoms. The number of esters is 2. The quantitative estimate of drug-likeness (QED) is 0.438. The molecule has 0 atom stereocenters. The fourth-order valence-corrected chi connectivity index (χ4v) is 1.40. The first kappa shape index (κ1) is 15.9. The van der Waals surface area contributed by atoms with Gasteiger partial charge in [-0.3, -0.25) is 9.59 Å². The van der Waals surface area contributed by atoms with E-state index in [9.17, 15) is 9.59 Å². The Hall–Kier alpha value is -1.06. The van der Waals surface area contributed by atoms with Gasteiger partial charge in [-0.25, -0.2) is 0 Å². The first-order valence-corrected chi connectivity index (χ1v) is 6.52. The third-order valence-corrected chi connectivity index (χ3v) is 2.35. The maximum Gasteiger partial charge on any atom is 0.306 e. The second-order valence-electron chi connectivity index (χ2n) is 3.94. The summed E-state index contributed by atoms with van der Waals surface area (Å²) in [6.45, 7) is 4.72. The lowest BCUT2D eigenvalue weighted by Crippen LogP contribution is -2.10. The fourth-order valence-electron chi connectivity index (χ4n) is 1.40. The number of hydrogen-bond donors (Lipinski definition) is 0. The van der Waals surface area contributed by atoms with Crippen molar-refractivity contribution in [2.75, 3.05) is 13.2 Å². The van der Waals surface area contributed by atoms with Crippen LogP contribution >= 0.6 is 0 Å². The Morgan fingerprint density at radius 2 is 1.41 bits per heavy atom. The Kier molecular flexibility index (Phi) is 10.7. The summed E-state index contributed by atoms with van der Waals surface area (Å²) in [4.78, 5) is 22.2. The van der Waals surface area contributed by atoms with Crippen molar-refractivity contribution >= 4 is 11.9 Å². The van der Waals surface area contributed by atoms with Crippen molar-refractivity contribution in [2.24, 2.45) is 0 Å². The van der Waals surface area contributed by atoms with Crippen LogP contribution in [0.1, 0.15) is 58.8 Å². The summed E-state index contributed by atoms with van der Waals surface area (Å²) in [6.07, 6.45) is 5.87. The van der Waals surface area contributed by atoms with Crippen LogP contribution in [0.5, 0.6) is 0 Å². The van der Waals surface area contributed by atoms with Crippen molar-refractivity contribution in [3.05, 3.63) is 0 Å². The van der Waals surface area contributed by atoms with Crippen LogP contribution in [0.4, 0.5) is 0 Å². The zero-order valence-electron chi connectivity index (χ0n) is 11.0. The van der Waals surface area contributed by atoms with E-state index in [0.717, 1.165) is 12.8 Å². The summed E-state index contributed by atoms with van der Waals surface area (Å²) in [5, 5.41) is 0. The molecular weight excluding hydrogens is 220 g/mol. The molecule has 0 aliphatic rings. The summed E-state index contributed by atoms with van der Waals surface area (Å²) >= 11 is 0. The van der Waals surface area contributed by atoms with E-state index in [1.165, 1.54) is 19.3 Å². The summed E-state index contributed by atoms with van der Waals surface area (Å²) < 4.78 is 9.72. The molecule has 0 bridgehead atoms. The number of carbonyl (C=O) groups excluding carboxylic acids is 2. The van der Waals surface area contributed by atoms with Gasteiger partial charge in [-0.15, -0.1) is 0 Å². The number of hydrogen-bond acceptors (Lipinski definition) is 4. The van der Waals surface area contributed by atoms with Crippen LogP contribution in [-0.4, -0.2) is 25.2 Å². The molecule has 17 heavy (non-hydrogen) atoms. The normalized spacial score (nSPS) is 10.0. The Balaban J connectivity index is 3.31. The van der Waals surface area contributed by atoms with Crippen molar-refractivity contribution in [3.8, 4) is 0 Å². The van der Waals surface area contributed by atoms with Gasteiger partial charge in [-0.1, -0.05) is 32.6 Å². The standard InChI is InChI=1S/C13H24O4/c1-3-5-6-7-8-11-17-13(15)10-9-12(14)16-4-2/h3-11H2,1-2H3. The van der Waals surface area contributed by atoms with Gasteiger partial charge in [0.25, 0.3) is 0 Å². The lowest BCUT2D eigenvalue weighted by molar-refractivity contribution is -0.150. The molecular formula is C13H24O4. The minimum Gasteiger partial charge on any atom is -0.466 e. The first-order chi connectivity index (χ1) is 8.20. The smallest absolute Gasteiger partial charge is 0.306 e. The zero-order chi connectivity index (χ0) is 12.9. The third kappa shape index (κ3) is 11.2. The van der Waals surface area contributed by atoms with Crippen LogP contribution in [0.3, 0.4) is 0 Å².